The Balaban J connectivity index is 2.62. The Morgan fingerprint density at radius 1 is 1.33 bits per heavy atom. The number of carbonyl (C=O) groups excluding carboxylic acids is 1. The first-order chi connectivity index (χ1) is 7.11. The molecule has 0 heterocycles. The molecule has 0 aliphatic heterocycles. The lowest BCUT2D eigenvalue weighted by molar-refractivity contribution is -0.125. The van der Waals surface area contributed by atoms with Gasteiger partial charge in [-0.15, -0.1) is 0 Å². The lowest BCUT2D eigenvalue weighted by Crippen LogP contribution is -2.26. The van der Waals surface area contributed by atoms with E-state index in [4.69, 9.17) is 23.2 Å². The fourth-order valence-electron chi connectivity index (χ4n) is 0.989. The summed E-state index contributed by atoms with van der Waals surface area (Å²) < 4.78 is 0. The second-order valence-electron chi connectivity index (χ2n) is 2.98. The van der Waals surface area contributed by atoms with Gasteiger partial charge in [0.05, 0.1) is 0 Å². The molecule has 0 bridgehead atoms. The summed E-state index contributed by atoms with van der Waals surface area (Å²) in [5.74, 6) is -0.342. The molecule has 0 aliphatic rings. The van der Waals surface area contributed by atoms with Crippen molar-refractivity contribution in [3.8, 4) is 0 Å². The molecule has 1 rings (SSSR count). The van der Waals surface area contributed by atoms with Gasteiger partial charge in [0, 0.05) is 13.2 Å². The van der Waals surface area contributed by atoms with Gasteiger partial charge in [-0.1, -0.05) is 53.5 Å². The minimum absolute atomic E-state index is 0.342. The Morgan fingerprint density at radius 3 is 2.47 bits per heavy atom. The van der Waals surface area contributed by atoms with E-state index in [-0.39, 0.29) is 5.91 Å². The lowest BCUT2D eigenvalue weighted by Gasteiger charge is -2.11. The Labute approximate surface area is 99.1 Å². The number of amides is 1. The SMILES string of the molecule is CN(/C=C/c1ccccc1)C(=O)C(Cl)Cl. The van der Waals surface area contributed by atoms with E-state index in [1.807, 2.05) is 36.4 Å². The van der Waals surface area contributed by atoms with Crippen LogP contribution in [0.2, 0.25) is 0 Å². The molecule has 2 nitrogen and oxygen atoms in total. The number of halogens is 2. The van der Waals surface area contributed by atoms with Crippen LogP contribution < -0.4 is 0 Å². The molecule has 0 aliphatic carbocycles. The van der Waals surface area contributed by atoms with Crippen molar-refractivity contribution in [2.45, 2.75) is 4.84 Å². The molecule has 4 heteroatoms. The summed E-state index contributed by atoms with van der Waals surface area (Å²) in [6.45, 7) is 0. The van der Waals surface area contributed by atoms with Gasteiger partial charge in [-0.2, -0.15) is 0 Å². The van der Waals surface area contributed by atoms with E-state index in [9.17, 15) is 4.79 Å². The van der Waals surface area contributed by atoms with E-state index in [2.05, 4.69) is 0 Å². The van der Waals surface area contributed by atoms with Gasteiger partial charge in [0.2, 0.25) is 0 Å². The fourth-order valence-corrected chi connectivity index (χ4v) is 1.30. The molecule has 0 N–H and O–H groups in total. The van der Waals surface area contributed by atoms with E-state index in [0.29, 0.717) is 0 Å². The molecule has 0 aromatic heterocycles. The van der Waals surface area contributed by atoms with Crippen LogP contribution in [0.15, 0.2) is 36.5 Å². The van der Waals surface area contributed by atoms with Crippen LogP contribution >= 0.6 is 23.2 Å². The number of benzene rings is 1. The van der Waals surface area contributed by atoms with Crippen molar-refractivity contribution in [1.82, 2.24) is 4.90 Å². The normalized spacial score (nSPS) is 10.9. The maximum Gasteiger partial charge on any atom is 0.259 e. The summed E-state index contributed by atoms with van der Waals surface area (Å²) in [5.41, 5.74) is 1.01. The first-order valence-corrected chi connectivity index (χ1v) is 5.26. The van der Waals surface area contributed by atoms with Crippen LogP contribution in [0.1, 0.15) is 5.56 Å². The molecule has 1 amide bonds. The Bertz CT molecular complexity index is 349. The number of nitrogens with zero attached hydrogens (tertiary/aromatic N) is 1. The predicted octanol–water partition coefficient (Wildman–Crippen LogP) is 2.92. The first-order valence-electron chi connectivity index (χ1n) is 4.39. The van der Waals surface area contributed by atoms with Gasteiger partial charge in [-0.25, -0.2) is 0 Å². The van der Waals surface area contributed by atoms with Crippen molar-refractivity contribution >= 4 is 35.2 Å². The molecule has 0 saturated carbocycles. The average molecular weight is 244 g/mol. The minimum atomic E-state index is -1.02. The van der Waals surface area contributed by atoms with Gasteiger partial charge in [0.25, 0.3) is 5.91 Å². The highest BCUT2D eigenvalue weighted by atomic mass is 35.5. The third kappa shape index (κ3) is 3.94. The Morgan fingerprint density at radius 2 is 1.93 bits per heavy atom. The molecule has 1 aromatic rings. The standard InChI is InChI=1S/C11H11Cl2NO/c1-14(11(15)10(12)13)8-7-9-5-3-2-4-6-9/h2-8,10H,1H3/b8-7+. The van der Waals surface area contributed by atoms with Crippen LogP contribution in [0.4, 0.5) is 0 Å². The van der Waals surface area contributed by atoms with E-state index in [1.54, 1.807) is 13.2 Å². The zero-order valence-electron chi connectivity index (χ0n) is 8.23. The third-order valence-electron chi connectivity index (χ3n) is 1.82. The largest absolute Gasteiger partial charge is 0.320 e. The predicted molar refractivity (Wildman–Crippen MR) is 63.7 cm³/mol. The van der Waals surface area contributed by atoms with Crippen molar-refractivity contribution in [3.63, 3.8) is 0 Å². The molecule has 0 fully saturated rings. The molecule has 15 heavy (non-hydrogen) atoms. The molecule has 0 radical (unpaired) electrons. The van der Waals surface area contributed by atoms with Crippen LogP contribution in [0.5, 0.6) is 0 Å². The second kappa shape index (κ2) is 5.79. The van der Waals surface area contributed by atoms with E-state index >= 15 is 0 Å². The van der Waals surface area contributed by atoms with Gasteiger partial charge < -0.3 is 4.90 Å². The quantitative estimate of drug-likeness (QED) is 0.748. The third-order valence-corrected chi connectivity index (χ3v) is 2.20. The van der Waals surface area contributed by atoms with Crippen LogP contribution in [0, 0.1) is 0 Å². The van der Waals surface area contributed by atoms with Crippen molar-refractivity contribution in [2.24, 2.45) is 0 Å². The van der Waals surface area contributed by atoms with Crippen LogP contribution in [0.25, 0.3) is 6.08 Å². The van der Waals surface area contributed by atoms with Crippen LogP contribution in [0.3, 0.4) is 0 Å². The minimum Gasteiger partial charge on any atom is -0.320 e. The summed E-state index contributed by atoms with van der Waals surface area (Å²) in [6.07, 6.45) is 3.45. The summed E-state index contributed by atoms with van der Waals surface area (Å²) in [6, 6.07) is 9.65. The van der Waals surface area contributed by atoms with Crippen molar-refractivity contribution < 1.29 is 4.79 Å². The molecule has 0 saturated heterocycles. The highest BCUT2D eigenvalue weighted by Gasteiger charge is 2.14. The number of hydrogen-bond donors (Lipinski definition) is 0. The summed E-state index contributed by atoms with van der Waals surface area (Å²) in [7, 11) is 1.61. The summed E-state index contributed by atoms with van der Waals surface area (Å²) >= 11 is 10.9. The van der Waals surface area contributed by atoms with Crippen LogP contribution in [-0.2, 0) is 4.79 Å². The number of alkyl halides is 2. The highest BCUT2D eigenvalue weighted by molar-refractivity contribution is 6.53. The molecule has 0 atom stereocenters. The van der Waals surface area contributed by atoms with Crippen LogP contribution in [-0.4, -0.2) is 22.7 Å². The molecular weight excluding hydrogens is 233 g/mol. The number of carbonyl (C=O) groups is 1. The molecular formula is C11H11Cl2NO. The second-order valence-corrected chi connectivity index (χ2v) is 4.07. The average Bonchev–Trinajstić information content (AvgIpc) is 2.26. The maximum atomic E-state index is 11.3. The van der Waals surface area contributed by atoms with Gasteiger partial charge >= 0.3 is 0 Å². The summed E-state index contributed by atoms with van der Waals surface area (Å²) in [4.78, 5) is 11.6. The first kappa shape index (κ1) is 12.1. The zero-order valence-corrected chi connectivity index (χ0v) is 9.74. The lowest BCUT2D eigenvalue weighted by atomic mass is 10.2. The van der Waals surface area contributed by atoms with Crippen molar-refractivity contribution in [2.75, 3.05) is 7.05 Å². The number of rotatable bonds is 3. The fraction of sp³-hybridized carbons (Fsp3) is 0.182. The van der Waals surface area contributed by atoms with Crippen molar-refractivity contribution in [1.29, 1.82) is 0 Å². The van der Waals surface area contributed by atoms with Gasteiger partial charge in [0.1, 0.15) is 0 Å². The zero-order chi connectivity index (χ0) is 11.3. The Kier molecular flexibility index (Phi) is 4.66. The monoisotopic (exact) mass is 243 g/mol. The molecule has 1 aromatic carbocycles. The number of hydrogen-bond acceptors (Lipinski definition) is 1. The highest BCUT2D eigenvalue weighted by Crippen LogP contribution is 2.07. The summed E-state index contributed by atoms with van der Waals surface area (Å²) in [5, 5.41) is 0. The Hall–Kier alpha value is -0.990. The van der Waals surface area contributed by atoms with Crippen molar-refractivity contribution in [3.05, 3.63) is 42.1 Å². The van der Waals surface area contributed by atoms with Gasteiger partial charge in [-0.3, -0.25) is 4.79 Å². The topological polar surface area (TPSA) is 20.3 Å². The maximum absolute atomic E-state index is 11.3. The smallest absolute Gasteiger partial charge is 0.259 e. The van der Waals surface area contributed by atoms with E-state index in [0.717, 1.165) is 5.56 Å². The molecule has 80 valence electrons. The molecule has 0 unspecified atom stereocenters. The molecule has 0 spiro atoms. The van der Waals surface area contributed by atoms with E-state index < -0.39 is 4.84 Å². The van der Waals surface area contributed by atoms with Gasteiger partial charge in [0.15, 0.2) is 4.84 Å². The van der Waals surface area contributed by atoms with E-state index in [1.165, 1.54) is 4.90 Å². The van der Waals surface area contributed by atoms with Gasteiger partial charge in [-0.05, 0) is 11.6 Å².